The summed E-state index contributed by atoms with van der Waals surface area (Å²) in [6, 6.07) is 0. The van der Waals surface area contributed by atoms with Gasteiger partial charge in [0.25, 0.3) is 0 Å². The molecule has 2 aromatic heterocycles. The predicted molar refractivity (Wildman–Crippen MR) is 66.9 cm³/mol. The van der Waals surface area contributed by atoms with Crippen LogP contribution in [-0.2, 0) is 13.0 Å². The van der Waals surface area contributed by atoms with Crippen molar-refractivity contribution in [3.05, 3.63) is 35.3 Å². The SMILES string of the molecule is CCc1cnc(CNc2c(N)cncc2Cl)o1. The van der Waals surface area contributed by atoms with Crippen molar-refractivity contribution in [3.63, 3.8) is 0 Å². The quantitative estimate of drug-likeness (QED) is 0.874. The average Bonchev–Trinajstić information content (AvgIpc) is 2.76. The Morgan fingerprint density at radius 2 is 2.24 bits per heavy atom. The van der Waals surface area contributed by atoms with E-state index in [1.165, 1.54) is 6.20 Å². The number of pyridine rings is 1. The van der Waals surface area contributed by atoms with Gasteiger partial charge >= 0.3 is 0 Å². The van der Waals surface area contributed by atoms with Crippen molar-refractivity contribution in [3.8, 4) is 0 Å². The van der Waals surface area contributed by atoms with Crippen LogP contribution in [0.4, 0.5) is 11.4 Å². The topological polar surface area (TPSA) is 77.0 Å². The third kappa shape index (κ3) is 2.68. The van der Waals surface area contributed by atoms with Gasteiger partial charge in [0.15, 0.2) is 0 Å². The number of halogens is 1. The van der Waals surface area contributed by atoms with E-state index >= 15 is 0 Å². The van der Waals surface area contributed by atoms with E-state index in [1.807, 2.05) is 6.92 Å². The van der Waals surface area contributed by atoms with Crippen LogP contribution in [-0.4, -0.2) is 9.97 Å². The lowest BCUT2D eigenvalue weighted by Crippen LogP contribution is -2.03. The fourth-order valence-corrected chi connectivity index (χ4v) is 1.63. The molecular formula is C11H13ClN4O. The summed E-state index contributed by atoms with van der Waals surface area (Å²) < 4.78 is 5.46. The number of nitrogens with one attached hydrogen (secondary N) is 1. The molecule has 0 aliphatic carbocycles. The number of hydrogen-bond donors (Lipinski definition) is 2. The molecule has 0 amide bonds. The molecule has 2 rings (SSSR count). The molecule has 90 valence electrons. The number of aromatic nitrogens is 2. The molecule has 0 aliphatic rings. The summed E-state index contributed by atoms with van der Waals surface area (Å²) in [6.45, 7) is 2.45. The molecule has 0 saturated heterocycles. The lowest BCUT2D eigenvalue weighted by atomic mass is 10.3. The molecule has 5 nitrogen and oxygen atoms in total. The fourth-order valence-electron chi connectivity index (χ4n) is 1.39. The smallest absolute Gasteiger partial charge is 0.213 e. The zero-order valence-electron chi connectivity index (χ0n) is 9.40. The second-order valence-corrected chi connectivity index (χ2v) is 3.92. The molecule has 2 aromatic rings. The molecule has 6 heteroatoms. The number of aryl methyl sites for hydroxylation is 1. The first-order valence-electron chi connectivity index (χ1n) is 5.27. The summed E-state index contributed by atoms with van der Waals surface area (Å²) in [5, 5.41) is 3.56. The monoisotopic (exact) mass is 252 g/mol. The number of rotatable bonds is 4. The van der Waals surface area contributed by atoms with Crippen LogP contribution in [0.3, 0.4) is 0 Å². The molecule has 0 fully saturated rings. The van der Waals surface area contributed by atoms with Crippen LogP contribution in [0.25, 0.3) is 0 Å². The Morgan fingerprint density at radius 3 is 2.88 bits per heavy atom. The van der Waals surface area contributed by atoms with Crippen molar-refractivity contribution < 1.29 is 4.42 Å². The van der Waals surface area contributed by atoms with Crippen LogP contribution < -0.4 is 11.1 Å². The van der Waals surface area contributed by atoms with E-state index in [0.717, 1.165) is 12.2 Å². The van der Waals surface area contributed by atoms with Crippen molar-refractivity contribution in [2.24, 2.45) is 0 Å². The lowest BCUT2D eigenvalue weighted by molar-refractivity contribution is 0.466. The lowest BCUT2D eigenvalue weighted by Gasteiger charge is -2.08. The second kappa shape index (κ2) is 5.05. The van der Waals surface area contributed by atoms with E-state index in [0.29, 0.717) is 28.8 Å². The van der Waals surface area contributed by atoms with Crippen molar-refractivity contribution >= 4 is 23.0 Å². The van der Waals surface area contributed by atoms with Gasteiger partial charge in [-0.1, -0.05) is 18.5 Å². The van der Waals surface area contributed by atoms with Crippen LogP contribution in [0.1, 0.15) is 18.6 Å². The highest BCUT2D eigenvalue weighted by molar-refractivity contribution is 6.33. The Bertz CT molecular complexity index is 492. The van der Waals surface area contributed by atoms with E-state index in [2.05, 4.69) is 15.3 Å². The minimum atomic E-state index is 0.438. The summed E-state index contributed by atoms with van der Waals surface area (Å²) in [6.07, 6.45) is 5.62. The van der Waals surface area contributed by atoms with E-state index in [4.69, 9.17) is 21.8 Å². The standard InChI is InChI=1S/C11H13ClN4O/c1-2-7-3-15-10(17-7)6-16-11-8(12)4-14-5-9(11)13/h3-5H,2,6,13H2,1H3,(H,14,16). The van der Waals surface area contributed by atoms with E-state index in [9.17, 15) is 0 Å². The largest absolute Gasteiger partial charge is 0.444 e. The number of nitrogens with two attached hydrogens (primary N) is 1. The molecule has 3 N–H and O–H groups in total. The molecule has 0 saturated carbocycles. The summed E-state index contributed by atoms with van der Waals surface area (Å²) in [4.78, 5) is 8.01. The number of anilines is 2. The first-order valence-corrected chi connectivity index (χ1v) is 5.65. The summed E-state index contributed by atoms with van der Waals surface area (Å²) in [5.41, 5.74) is 6.91. The first kappa shape index (κ1) is 11.7. The van der Waals surface area contributed by atoms with Crippen molar-refractivity contribution in [1.82, 2.24) is 9.97 Å². The van der Waals surface area contributed by atoms with Gasteiger partial charge in [-0.05, 0) is 0 Å². The molecule has 0 unspecified atom stereocenters. The maximum Gasteiger partial charge on any atom is 0.213 e. The van der Waals surface area contributed by atoms with Gasteiger partial charge in [0.05, 0.1) is 35.3 Å². The number of hydrogen-bond acceptors (Lipinski definition) is 5. The highest BCUT2D eigenvalue weighted by Gasteiger charge is 2.07. The van der Waals surface area contributed by atoms with E-state index < -0.39 is 0 Å². The van der Waals surface area contributed by atoms with Crippen LogP contribution in [0.15, 0.2) is 23.0 Å². The molecule has 0 atom stereocenters. The van der Waals surface area contributed by atoms with Gasteiger partial charge in [0.1, 0.15) is 5.76 Å². The average molecular weight is 253 g/mol. The zero-order valence-corrected chi connectivity index (χ0v) is 10.2. The Morgan fingerprint density at radius 1 is 1.41 bits per heavy atom. The molecule has 0 aliphatic heterocycles. The van der Waals surface area contributed by atoms with Gasteiger partial charge in [-0.3, -0.25) is 4.98 Å². The van der Waals surface area contributed by atoms with Crippen LogP contribution in [0.5, 0.6) is 0 Å². The van der Waals surface area contributed by atoms with Gasteiger partial charge in [-0.2, -0.15) is 0 Å². The normalized spacial score (nSPS) is 10.5. The van der Waals surface area contributed by atoms with E-state index in [-0.39, 0.29) is 0 Å². The number of nitrogens with zero attached hydrogens (tertiary/aromatic N) is 2. The molecule has 0 bridgehead atoms. The minimum absolute atomic E-state index is 0.438. The van der Waals surface area contributed by atoms with Gasteiger partial charge < -0.3 is 15.5 Å². The molecule has 0 aromatic carbocycles. The van der Waals surface area contributed by atoms with Crippen LogP contribution in [0, 0.1) is 0 Å². The van der Waals surface area contributed by atoms with Crippen molar-refractivity contribution in [2.75, 3.05) is 11.1 Å². The highest BCUT2D eigenvalue weighted by atomic mass is 35.5. The minimum Gasteiger partial charge on any atom is -0.444 e. The number of oxazole rings is 1. The fraction of sp³-hybridized carbons (Fsp3) is 0.273. The van der Waals surface area contributed by atoms with Crippen molar-refractivity contribution in [1.29, 1.82) is 0 Å². The number of nitrogen functional groups attached to an aromatic ring is 1. The Hall–Kier alpha value is -1.75. The van der Waals surface area contributed by atoms with E-state index in [1.54, 1.807) is 12.4 Å². The molecule has 0 radical (unpaired) electrons. The molecular weight excluding hydrogens is 240 g/mol. The third-order valence-electron chi connectivity index (χ3n) is 2.30. The first-order chi connectivity index (χ1) is 8.20. The summed E-state index contributed by atoms with van der Waals surface area (Å²) in [7, 11) is 0. The van der Waals surface area contributed by atoms with Gasteiger partial charge in [0, 0.05) is 12.6 Å². The van der Waals surface area contributed by atoms with Crippen molar-refractivity contribution in [2.45, 2.75) is 19.9 Å². The predicted octanol–water partition coefficient (Wildman–Crippen LogP) is 2.48. The van der Waals surface area contributed by atoms with Crippen LogP contribution in [0.2, 0.25) is 5.02 Å². The second-order valence-electron chi connectivity index (χ2n) is 3.51. The summed E-state index contributed by atoms with van der Waals surface area (Å²) >= 11 is 5.97. The van der Waals surface area contributed by atoms with Gasteiger partial charge in [-0.25, -0.2) is 4.98 Å². The maximum atomic E-state index is 5.97. The Kier molecular flexibility index (Phi) is 3.49. The molecule has 17 heavy (non-hydrogen) atoms. The maximum absolute atomic E-state index is 5.97. The summed E-state index contributed by atoms with van der Waals surface area (Å²) in [5.74, 6) is 1.46. The Labute approximate surface area is 104 Å². The van der Waals surface area contributed by atoms with Gasteiger partial charge in [0.2, 0.25) is 5.89 Å². The third-order valence-corrected chi connectivity index (χ3v) is 2.58. The van der Waals surface area contributed by atoms with Crippen LogP contribution >= 0.6 is 11.6 Å². The highest BCUT2D eigenvalue weighted by Crippen LogP contribution is 2.26. The Balaban J connectivity index is 2.07. The van der Waals surface area contributed by atoms with Gasteiger partial charge in [-0.15, -0.1) is 0 Å². The zero-order chi connectivity index (χ0) is 12.3. The molecule has 0 spiro atoms. The molecule has 2 heterocycles.